The molecule has 0 amide bonds. The van der Waals surface area contributed by atoms with Gasteiger partial charge in [0.05, 0.1) is 12.1 Å². The molecule has 2 atom stereocenters. The largest absolute Gasteiger partial charge is 0.391 e. The number of nitrogens with zero attached hydrogens (tertiary/aromatic N) is 1. The monoisotopic (exact) mass is 203 g/mol. The Morgan fingerprint density at radius 3 is 2.60 bits per heavy atom. The second-order valence-corrected chi connectivity index (χ2v) is 4.11. The highest BCUT2D eigenvalue weighted by atomic mass is 16.3. The van der Waals surface area contributed by atoms with Crippen molar-refractivity contribution in [3.63, 3.8) is 0 Å². The number of aliphatic hydroxyl groups excluding tert-OH is 1. The lowest BCUT2D eigenvalue weighted by Gasteiger charge is -2.23. The van der Waals surface area contributed by atoms with Crippen LogP contribution in [0.3, 0.4) is 0 Å². The van der Waals surface area contributed by atoms with Crippen LogP contribution in [0.1, 0.15) is 31.2 Å². The molecule has 2 nitrogen and oxygen atoms in total. The molecule has 1 saturated carbocycles. The Balaban J connectivity index is 1.98. The quantitative estimate of drug-likeness (QED) is 0.735. The lowest BCUT2D eigenvalue weighted by Crippen LogP contribution is -2.28. The molecule has 1 aliphatic carbocycles. The van der Waals surface area contributed by atoms with Crippen molar-refractivity contribution in [2.45, 2.75) is 37.8 Å². The Kier molecular flexibility index (Phi) is 3.51. The van der Waals surface area contributed by atoms with E-state index in [0.717, 1.165) is 24.8 Å². The predicted molar refractivity (Wildman–Crippen MR) is 62.3 cm³/mol. The molecule has 1 aromatic carbocycles. The average Bonchev–Trinajstić information content (AvgIpc) is 2.29. The number of hydrogen-bond acceptors (Lipinski definition) is 2. The zero-order valence-corrected chi connectivity index (χ0v) is 8.84. The van der Waals surface area contributed by atoms with E-state index >= 15 is 0 Å². The van der Waals surface area contributed by atoms with E-state index in [-0.39, 0.29) is 12.1 Å². The molecule has 0 radical (unpaired) electrons. The van der Waals surface area contributed by atoms with E-state index in [1.165, 1.54) is 6.42 Å². The first-order valence-electron chi connectivity index (χ1n) is 5.62. The molecule has 0 bridgehead atoms. The highest BCUT2D eigenvalue weighted by Crippen LogP contribution is 2.20. The van der Waals surface area contributed by atoms with Gasteiger partial charge in [0.25, 0.3) is 0 Å². The van der Waals surface area contributed by atoms with Crippen molar-refractivity contribution in [3.05, 3.63) is 35.9 Å². The number of rotatable bonds is 2. The first-order chi connectivity index (χ1) is 7.36. The second-order valence-electron chi connectivity index (χ2n) is 4.11. The minimum absolute atomic E-state index is 0.110. The van der Waals surface area contributed by atoms with Gasteiger partial charge in [0.2, 0.25) is 0 Å². The zero-order chi connectivity index (χ0) is 10.5. The van der Waals surface area contributed by atoms with Crippen molar-refractivity contribution in [3.8, 4) is 0 Å². The standard InChI is InChI=1S/C13H17NO/c15-13-9-5-4-8-12(13)14-10-11-6-2-1-3-7-11/h1-3,6-7,10,12-13,15H,4-5,8-9H2/b14-10+. The van der Waals surface area contributed by atoms with Gasteiger partial charge in [0.15, 0.2) is 0 Å². The van der Waals surface area contributed by atoms with E-state index in [2.05, 4.69) is 4.99 Å². The number of aliphatic imine (C=N–C) groups is 1. The molecule has 1 aliphatic rings. The smallest absolute Gasteiger partial charge is 0.0763 e. The summed E-state index contributed by atoms with van der Waals surface area (Å²) in [6, 6.07) is 10.2. The SMILES string of the molecule is OC1CCCCC1/N=C/c1ccccc1. The van der Waals surface area contributed by atoms with Gasteiger partial charge in [-0.2, -0.15) is 0 Å². The molecule has 0 heterocycles. The molecule has 0 spiro atoms. The highest BCUT2D eigenvalue weighted by molar-refractivity contribution is 5.79. The van der Waals surface area contributed by atoms with Gasteiger partial charge in [-0.25, -0.2) is 0 Å². The first kappa shape index (κ1) is 10.4. The third-order valence-electron chi connectivity index (χ3n) is 2.91. The topological polar surface area (TPSA) is 32.6 Å². The van der Waals surface area contributed by atoms with Crippen molar-refractivity contribution in [2.24, 2.45) is 4.99 Å². The van der Waals surface area contributed by atoms with Crippen molar-refractivity contribution in [2.75, 3.05) is 0 Å². The Morgan fingerprint density at radius 1 is 1.13 bits per heavy atom. The third-order valence-corrected chi connectivity index (χ3v) is 2.91. The fourth-order valence-electron chi connectivity index (χ4n) is 1.99. The van der Waals surface area contributed by atoms with Crippen LogP contribution in [0.4, 0.5) is 0 Å². The molecule has 15 heavy (non-hydrogen) atoms. The summed E-state index contributed by atoms with van der Waals surface area (Å²) in [6.07, 6.45) is 5.88. The number of hydrogen-bond donors (Lipinski definition) is 1. The molecule has 0 saturated heterocycles. The molecular formula is C13H17NO. The van der Waals surface area contributed by atoms with Crippen LogP contribution in [0.5, 0.6) is 0 Å². The Bertz CT molecular complexity index is 321. The van der Waals surface area contributed by atoms with E-state index in [4.69, 9.17) is 0 Å². The van der Waals surface area contributed by atoms with E-state index in [1.54, 1.807) is 0 Å². The molecule has 2 unspecified atom stereocenters. The van der Waals surface area contributed by atoms with Gasteiger partial charge in [-0.05, 0) is 18.4 Å². The zero-order valence-electron chi connectivity index (χ0n) is 8.84. The van der Waals surface area contributed by atoms with E-state index < -0.39 is 0 Å². The Hall–Kier alpha value is -1.15. The van der Waals surface area contributed by atoms with E-state index in [9.17, 15) is 5.11 Å². The minimum atomic E-state index is -0.237. The summed E-state index contributed by atoms with van der Waals surface area (Å²) in [7, 11) is 0. The average molecular weight is 203 g/mol. The molecular weight excluding hydrogens is 186 g/mol. The van der Waals surface area contributed by atoms with E-state index in [0.29, 0.717) is 0 Å². The van der Waals surface area contributed by atoms with Gasteiger partial charge < -0.3 is 5.11 Å². The lowest BCUT2D eigenvalue weighted by atomic mass is 9.93. The van der Waals surface area contributed by atoms with Gasteiger partial charge in [-0.15, -0.1) is 0 Å². The molecule has 1 fully saturated rings. The summed E-state index contributed by atoms with van der Waals surface area (Å²) >= 11 is 0. The van der Waals surface area contributed by atoms with Crippen molar-refractivity contribution in [1.82, 2.24) is 0 Å². The third kappa shape index (κ3) is 2.90. The van der Waals surface area contributed by atoms with Gasteiger partial charge in [-0.3, -0.25) is 4.99 Å². The molecule has 1 aromatic rings. The Labute approximate surface area is 90.7 Å². The Morgan fingerprint density at radius 2 is 1.87 bits per heavy atom. The van der Waals surface area contributed by atoms with Crippen molar-refractivity contribution < 1.29 is 5.11 Å². The van der Waals surface area contributed by atoms with Crippen LogP contribution >= 0.6 is 0 Å². The molecule has 0 aromatic heterocycles. The summed E-state index contributed by atoms with van der Waals surface area (Å²) < 4.78 is 0. The lowest BCUT2D eigenvalue weighted by molar-refractivity contribution is 0.110. The summed E-state index contributed by atoms with van der Waals surface area (Å²) in [6.45, 7) is 0. The normalized spacial score (nSPS) is 27.0. The summed E-state index contributed by atoms with van der Waals surface area (Å²) in [5, 5.41) is 9.73. The maximum absolute atomic E-state index is 9.73. The van der Waals surface area contributed by atoms with Crippen LogP contribution < -0.4 is 0 Å². The van der Waals surface area contributed by atoms with Crippen LogP contribution in [0.2, 0.25) is 0 Å². The maximum atomic E-state index is 9.73. The molecule has 2 rings (SSSR count). The van der Waals surface area contributed by atoms with Gasteiger partial charge in [0, 0.05) is 6.21 Å². The van der Waals surface area contributed by atoms with E-state index in [1.807, 2.05) is 36.5 Å². The van der Waals surface area contributed by atoms with Crippen LogP contribution in [-0.2, 0) is 0 Å². The van der Waals surface area contributed by atoms with Crippen molar-refractivity contribution in [1.29, 1.82) is 0 Å². The highest BCUT2D eigenvalue weighted by Gasteiger charge is 2.21. The maximum Gasteiger partial charge on any atom is 0.0763 e. The molecule has 2 heteroatoms. The second kappa shape index (κ2) is 5.08. The molecule has 80 valence electrons. The summed E-state index contributed by atoms with van der Waals surface area (Å²) in [5.41, 5.74) is 1.11. The minimum Gasteiger partial charge on any atom is -0.391 e. The molecule has 1 N–H and O–H groups in total. The van der Waals surface area contributed by atoms with Crippen molar-refractivity contribution >= 4 is 6.21 Å². The van der Waals surface area contributed by atoms with Crippen LogP contribution in [0.15, 0.2) is 35.3 Å². The summed E-state index contributed by atoms with van der Waals surface area (Å²) in [5.74, 6) is 0. The first-order valence-corrected chi connectivity index (χ1v) is 5.62. The summed E-state index contributed by atoms with van der Waals surface area (Å²) in [4.78, 5) is 4.46. The van der Waals surface area contributed by atoms with Crippen LogP contribution in [0, 0.1) is 0 Å². The predicted octanol–water partition coefficient (Wildman–Crippen LogP) is 2.41. The fraction of sp³-hybridized carbons (Fsp3) is 0.462. The fourth-order valence-corrected chi connectivity index (χ4v) is 1.99. The van der Waals surface area contributed by atoms with Crippen LogP contribution in [-0.4, -0.2) is 23.5 Å². The number of benzene rings is 1. The number of aliphatic hydroxyl groups is 1. The molecule has 0 aliphatic heterocycles. The van der Waals surface area contributed by atoms with Crippen LogP contribution in [0.25, 0.3) is 0 Å². The van der Waals surface area contributed by atoms with Gasteiger partial charge >= 0.3 is 0 Å². The van der Waals surface area contributed by atoms with Gasteiger partial charge in [-0.1, -0.05) is 43.2 Å². The van der Waals surface area contributed by atoms with Gasteiger partial charge in [0.1, 0.15) is 0 Å².